The molecule has 0 amide bonds. The van der Waals surface area contributed by atoms with Gasteiger partial charge in [0, 0.05) is 12.7 Å². The first-order chi connectivity index (χ1) is 15.1. The van der Waals surface area contributed by atoms with Crippen molar-refractivity contribution in [2.24, 2.45) is 0 Å². The van der Waals surface area contributed by atoms with Gasteiger partial charge in [-0.25, -0.2) is 9.59 Å². The van der Waals surface area contributed by atoms with E-state index in [2.05, 4.69) is 5.32 Å². The summed E-state index contributed by atoms with van der Waals surface area (Å²) in [4.78, 5) is 26.6. The SMILES string of the molecule is COC(=O)C1=C(C(=O)OC)N(c2ccccc2NCc2ccc(OC)cc2)C=CC=C1. The molecule has 1 aliphatic rings. The zero-order chi connectivity index (χ0) is 22.2. The van der Waals surface area contributed by atoms with Gasteiger partial charge in [0.05, 0.1) is 38.3 Å². The highest BCUT2D eigenvalue weighted by molar-refractivity contribution is 6.06. The molecule has 1 aliphatic heterocycles. The number of hydrogen-bond acceptors (Lipinski definition) is 7. The molecule has 31 heavy (non-hydrogen) atoms. The van der Waals surface area contributed by atoms with E-state index in [-0.39, 0.29) is 11.3 Å². The van der Waals surface area contributed by atoms with Gasteiger partial charge < -0.3 is 24.4 Å². The molecule has 1 N–H and O–H groups in total. The lowest BCUT2D eigenvalue weighted by molar-refractivity contribution is -0.139. The van der Waals surface area contributed by atoms with Crippen LogP contribution in [-0.2, 0) is 25.6 Å². The summed E-state index contributed by atoms with van der Waals surface area (Å²) in [5.41, 5.74) is 2.68. The first-order valence-electron chi connectivity index (χ1n) is 9.60. The molecule has 3 rings (SSSR count). The zero-order valence-corrected chi connectivity index (χ0v) is 17.6. The van der Waals surface area contributed by atoms with E-state index in [1.165, 1.54) is 20.3 Å². The fourth-order valence-corrected chi connectivity index (χ4v) is 3.13. The Bertz CT molecular complexity index is 1040. The third-order valence-corrected chi connectivity index (χ3v) is 4.69. The van der Waals surface area contributed by atoms with Gasteiger partial charge in [0.25, 0.3) is 0 Å². The molecule has 0 aliphatic carbocycles. The average molecular weight is 420 g/mol. The van der Waals surface area contributed by atoms with E-state index >= 15 is 0 Å². The number of carbonyl (C=O) groups excluding carboxylic acids is 2. The second-order valence-corrected chi connectivity index (χ2v) is 6.53. The molecule has 7 nitrogen and oxygen atoms in total. The Morgan fingerprint density at radius 2 is 1.61 bits per heavy atom. The van der Waals surface area contributed by atoms with Crippen molar-refractivity contribution in [2.45, 2.75) is 6.54 Å². The molecule has 0 fully saturated rings. The van der Waals surface area contributed by atoms with Crippen LogP contribution in [0.3, 0.4) is 0 Å². The van der Waals surface area contributed by atoms with Crippen molar-refractivity contribution >= 4 is 23.3 Å². The highest BCUT2D eigenvalue weighted by Gasteiger charge is 2.28. The van der Waals surface area contributed by atoms with Crippen molar-refractivity contribution in [2.75, 3.05) is 31.5 Å². The minimum Gasteiger partial charge on any atom is -0.497 e. The molecule has 0 aromatic heterocycles. The number of esters is 2. The van der Waals surface area contributed by atoms with Gasteiger partial charge in [-0.15, -0.1) is 0 Å². The van der Waals surface area contributed by atoms with Crippen LogP contribution in [0.25, 0.3) is 0 Å². The van der Waals surface area contributed by atoms with Crippen molar-refractivity contribution in [3.05, 3.63) is 89.8 Å². The highest BCUT2D eigenvalue weighted by atomic mass is 16.5. The molecule has 160 valence electrons. The van der Waals surface area contributed by atoms with Gasteiger partial charge in [0.2, 0.25) is 0 Å². The van der Waals surface area contributed by atoms with E-state index in [1.54, 1.807) is 30.4 Å². The molecule has 0 atom stereocenters. The Labute approximate surface area is 181 Å². The Morgan fingerprint density at radius 1 is 0.903 bits per heavy atom. The largest absolute Gasteiger partial charge is 0.497 e. The van der Waals surface area contributed by atoms with E-state index in [1.807, 2.05) is 48.5 Å². The fraction of sp³-hybridized carbons (Fsp3) is 0.167. The van der Waals surface area contributed by atoms with E-state index in [9.17, 15) is 9.59 Å². The number of nitrogens with zero attached hydrogens (tertiary/aromatic N) is 1. The number of ether oxygens (including phenoxy) is 3. The van der Waals surface area contributed by atoms with Crippen LogP contribution in [0.15, 0.2) is 84.2 Å². The molecule has 0 unspecified atom stereocenters. The first-order valence-corrected chi connectivity index (χ1v) is 9.60. The fourth-order valence-electron chi connectivity index (χ4n) is 3.13. The maximum absolute atomic E-state index is 12.7. The molecular formula is C24H24N2O5. The van der Waals surface area contributed by atoms with Gasteiger partial charge in [0.1, 0.15) is 11.4 Å². The quantitative estimate of drug-likeness (QED) is 0.683. The van der Waals surface area contributed by atoms with Crippen LogP contribution in [0.1, 0.15) is 5.56 Å². The number of hydrogen-bond donors (Lipinski definition) is 1. The van der Waals surface area contributed by atoms with Crippen LogP contribution in [-0.4, -0.2) is 33.3 Å². The number of allylic oxidation sites excluding steroid dienone is 2. The van der Waals surface area contributed by atoms with Gasteiger partial charge in [-0.1, -0.05) is 30.3 Å². The lowest BCUT2D eigenvalue weighted by Crippen LogP contribution is -2.27. The van der Waals surface area contributed by atoms with Crippen molar-refractivity contribution in [1.29, 1.82) is 0 Å². The summed E-state index contributed by atoms with van der Waals surface area (Å²) in [7, 11) is 4.17. The van der Waals surface area contributed by atoms with Crippen molar-refractivity contribution in [3.8, 4) is 5.75 Å². The number of nitrogens with one attached hydrogen (secondary N) is 1. The number of carbonyl (C=O) groups is 2. The summed E-state index contributed by atoms with van der Waals surface area (Å²) in [5.74, 6) is -0.495. The smallest absolute Gasteiger partial charge is 0.355 e. The number of methoxy groups -OCH3 is 3. The van der Waals surface area contributed by atoms with Crippen molar-refractivity contribution in [1.82, 2.24) is 0 Å². The standard InChI is InChI=1S/C24H24N2O5/c1-29-18-13-11-17(12-14-18)16-25-20-9-4-5-10-21(20)26-15-7-6-8-19(23(27)30-2)22(26)24(28)31-3/h4-15,25H,16H2,1-3H3. The third kappa shape index (κ3) is 4.95. The van der Waals surface area contributed by atoms with E-state index in [4.69, 9.17) is 14.2 Å². The van der Waals surface area contributed by atoms with E-state index in [0.29, 0.717) is 12.2 Å². The molecule has 0 spiro atoms. The Morgan fingerprint density at radius 3 is 2.29 bits per heavy atom. The molecule has 2 aromatic carbocycles. The topological polar surface area (TPSA) is 77.1 Å². The third-order valence-electron chi connectivity index (χ3n) is 4.69. The number of benzene rings is 2. The average Bonchev–Trinajstić information content (AvgIpc) is 3.05. The summed E-state index contributed by atoms with van der Waals surface area (Å²) in [5, 5.41) is 3.39. The first kappa shape index (κ1) is 21.7. The Kier molecular flexibility index (Phi) is 7.11. The normalized spacial score (nSPS) is 12.9. The minimum atomic E-state index is -0.651. The summed E-state index contributed by atoms with van der Waals surface area (Å²) in [6.45, 7) is 0.554. The summed E-state index contributed by atoms with van der Waals surface area (Å²) in [6.07, 6.45) is 6.64. The lowest BCUT2D eigenvalue weighted by atomic mass is 10.1. The molecule has 0 radical (unpaired) electrons. The molecule has 7 heteroatoms. The number of rotatable bonds is 7. The van der Waals surface area contributed by atoms with Gasteiger partial charge >= 0.3 is 11.9 Å². The predicted molar refractivity (Wildman–Crippen MR) is 119 cm³/mol. The van der Waals surface area contributed by atoms with Crippen molar-refractivity contribution < 1.29 is 23.8 Å². The monoisotopic (exact) mass is 420 g/mol. The predicted octanol–water partition coefficient (Wildman–Crippen LogP) is 3.80. The highest BCUT2D eigenvalue weighted by Crippen LogP contribution is 2.32. The van der Waals surface area contributed by atoms with E-state index < -0.39 is 11.9 Å². The lowest BCUT2D eigenvalue weighted by Gasteiger charge is -2.25. The minimum absolute atomic E-state index is 0.0676. The van der Waals surface area contributed by atoms with Crippen LogP contribution in [0.4, 0.5) is 11.4 Å². The van der Waals surface area contributed by atoms with Crippen LogP contribution < -0.4 is 15.0 Å². The zero-order valence-electron chi connectivity index (χ0n) is 17.6. The Balaban J connectivity index is 1.98. The summed E-state index contributed by atoms with van der Waals surface area (Å²) >= 11 is 0. The van der Waals surface area contributed by atoms with Crippen LogP contribution in [0, 0.1) is 0 Å². The van der Waals surface area contributed by atoms with Gasteiger partial charge in [0.15, 0.2) is 0 Å². The molecular weight excluding hydrogens is 396 g/mol. The summed E-state index contributed by atoms with van der Waals surface area (Å²) in [6, 6.07) is 15.2. The Hall–Kier alpha value is -4.00. The van der Waals surface area contributed by atoms with Crippen LogP contribution >= 0.6 is 0 Å². The maximum atomic E-state index is 12.7. The molecule has 0 saturated carbocycles. The van der Waals surface area contributed by atoms with Gasteiger partial charge in [-0.05, 0) is 42.0 Å². The van der Waals surface area contributed by atoms with E-state index in [0.717, 1.165) is 17.0 Å². The molecule has 0 saturated heterocycles. The van der Waals surface area contributed by atoms with Gasteiger partial charge in [-0.2, -0.15) is 0 Å². The van der Waals surface area contributed by atoms with Gasteiger partial charge in [-0.3, -0.25) is 0 Å². The second-order valence-electron chi connectivity index (χ2n) is 6.53. The van der Waals surface area contributed by atoms with Crippen LogP contribution in [0.5, 0.6) is 5.75 Å². The number of anilines is 2. The van der Waals surface area contributed by atoms with Crippen molar-refractivity contribution in [3.63, 3.8) is 0 Å². The molecule has 0 bridgehead atoms. The van der Waals surface area contributed by atoms with Crippen LogP contribution in [0.2, 0.25) is 0 Å². The molecule has 1 heterocycles. The molecule has 2 aromatic rings. The number of para-hydroxylation sites is 2. The maximum Gasteiger partial charge on any atom is 0.355 e. The summed E-state index contributed by atoms with van der Waals surface area (Å²) < 4.78 is 15.0. The second kappa shape index (κ2) is 10.2.